The zero-order chi connectivity index (χ0) is 17.8. The summed E-state index contributed by atoms with van der Waals surface area (Å²) >= 11 is 0. The minimum absolute atomic E-state index is 0.155. The Labute approximate surface area is 145 Å². The number of aliphatic imine (C=N–C) groups is 1. The fourth-order valence-electron chi connectivity index (χ4n) is 2.38. The SMILES string of the molecule is COc1ccc(N=Cc2ccc(-c3ccc(C)c(C(=O)[O-])c3)o2)cc1. The second-order valence-electron chi connectivity index (χ2n) is 5.48. The maximum Gasteiger partial charge on any atom is 0.145 e. The first-order valence-electron chi connectivity index (χ1n) is 7.67. The van der Waals surface area contributed by atoms with Crippen LogP contribution in [0.4, 0.5) is 5.69 Å². The van der Waals surface area contributed by atoms with Gasteiger partial charge in [0.25, 0.3) is 0 Å². The predicted octanol–water partition coefficient (Wildman–Crippen LogP) is 3.38. The topological polar surface area (TPSA) is 74.9 Å². The summed E-state index contributed by atoms with van der Waals surface area (Å²) in [6, 6.07) is 16.0. The van der Waals surface area contributed by atoms with Crippen molar-refractivity contribution in [1.82, 2.24) is 0 Å². The highest BCUT2D eigenvalue weighted by molar-refractivity contribution is 5.89. The molecule has 1 heterocycles. The largest absolute Gasteiger partial charge is 0.545 e. The van der Waals surface area contributed by atoms with Crippen LogP contribution in [0.2, 0.25) is 0 Å². The molecule has 25 heavy (non-hydrogen) atoms. The highest BCUT2D eigenvalue weighted by Crippen LogP contribution is 2.24. The highest BCUT2D eigenvalue weighted by atomic mass is 16.5. The van der Waals surface area contributed by atoms with Crippen LogP contribution in [0.5, 0.6) is 5.75 Å². The second-order valence-corrected chi connectivity index (χ2v) is 5.48. The van der Waals surface area contributed by atoms with E-state index in [9.17, 15) is 9.90 Å². The van der Waals surface area contributed by atoms with Gasteiger partial charge in [0, 0.05) is 11.1 Å². The number of benzene rings is 2. The van der Waals surface area contributed by atoms with Crippen LogP contribution in [0.1, 0.15) is 21.7 Å². The molecule has 0 aliphatic heterocycles. The van der Waals surface area contributed by atoms with Crippen molar-refractivity contribution in [2.24, 2.45) is 4.99 Å². The van der Waals surface area contributed by atoms with Crippen LogP contribution < -0.4 is 9.84 Å². The molecule has 1 aromatic heterocycles. The smallest absolute Gasteiger partial charge is 0.145 e. The van der Waals surface area contributed by atoms with Crippen LogP contribution in [-0.2, 0) is 0 Å². The van der Waals surface area contributed by atoms with E-state index in [2.05, 4.69) is 4.99 Å². The van der Waals surface area contributed by atoms with Crippen molar-refractivity contribution < 1.29 is 19.1 Å². The van der Waals surface area contributed by atoms with E-state index in [1.165, 1.54) is 0 Å². The Balaban J connectivity index is 1.81. The number of carboxylic acids is 1. The van der Waals surface area contributed by atoms with E-state index in [1.54, 1.807) is 44.5 Å². The predicted molar refractivity (Wildman–Crippen MR) is 93.5 cm³/mol. The minimum Gasteiger partial charge on any atom is -0.545 e. The van der Waals surface area contributed by atoms with Crippen LogP contribution in [-0.4, -0.2) is 19.3 Å². The standard InChI is InChI=1S/C20H17NO4/c1-13-3-4-14(11-18(13)20(22)23)19-10-9-17(25-19)12-21-15-5-7-16(24-2)8-6-15/h3-12H,1-2H3,(H,22,23)/p-1. The van der Waals surface area contributed by atoms with E-state index < -0.39 is 5.97 Å². The molecule has 2 aromatic carbocycles. The van der Waals surface area contributed by atoms with Crippen molar-refractivity contribution in [3.05, 3.63) is 71.5 Å². The van der Waals surface area contributed by atoms with Crippen molar-refractivity contribution in [3.8, 4) is 17.1 Å². The van der Waals surface area contributed by atoms with E-state index in [-0.39, 0.29) is 5.56 Å². The molecule has 3 rings (SSSR count). The van der Waals surface area contributed by atoms with Gasteiger partial charge in [-0.05, 0) is 55.0 Å². The molecule has 0 aliphatic carbocycles. The molecule has 0 atom stereocenters. The third-order valence-corrected chi connectivity index (χ3v) is 3.78. The summed E-state index contributed by atoms with van der Waals surface area (Å²) in [7, 11) is 1.61. The van der Waals surface area contributed by atoms with Gasteiger partial charge in [0.15, 0.2) is 0 Å². The summed E-state index contributed by atoms with van der Waals surface area (Å²) in [4.78, 5) is 15.5. The van der Waals surface area contributed by atoms with E-state index >= 15 is 0 Å². The maximum absolute atomic E-state index is 11.1. The monoisotopic (exact) mass is 334 g/mol. The average molecular weight is 334 g/mol. The summed E-state index contributed by atoms with van der Waals surface area (Å²) in [6.45, 7) is 1.73. The maximum atomic E-state index is 11.1. The molecular formula is C20H16NO4-. The summed E-state index contributed by atoms with van der Waals surface area (Å²) in [5.74, 6) is 0.703. The number of carbonyl (C=O) groups is 1. The number of carboxylic acid groups (broad SMARTS) is 1. The van der Waals surface area contributed by atoms with Crippen molar-refractivity contribution in [2.45, 2.75) is 6.92 Å². The fourth-order valence-corrected chi connectivity index (χ4v) is 2.38. The van der Waals surface area contributed by atoms with Gasteiger partial charge < -0.3 is 19.1 Å². The Kier molecular flexibility index (Phi) is 4.66. The molecule has 5 heteroatoms. The third-order valence-electron chi connectivity index (χ3n) is 3.78. The van der Waals surface area contributed by atoms with Gasteiger partial charge in [-0.15, -0.1) is 0 Å². The van der Waals surface area contributed by atoms with Crippen LogP contribution in [0, 0.1) is 6.92 Å². The molecule has 126 valence electrons. The van der Waals surface area contributed by atoms with Gasteiger partial charge >= 0.3 is 0 Å². The lowest BCUT2D eigenvalue weighted by Crippen LogP contribution is -2.23. The number of rotatable bonds is 5. The number of hydrogen-bond donors (Lipinski definition) is 0. The van der Waals surface area contributed by atoms with Gasteiger partial charge in [0.2, 0.25) is 0 Å². The van der Waals surface area contributed by atoms with Crippen LogP contribution in [0.3, 0.4) is 0 Å². The first-order chi connectivity index (χ1) is 12.1. The summed E-state index contributed by atoms with van der Waals surface area (Å²) in [5.41, 5.74) is 2.25. The molecule has 0 unspecified atom stereocenters. The van der Waals surface area contributed by atoms with Gasteiger partial charge in [-0.1, -0.05) is 12.1 Å². The first-order valence-corrected chi connectivity index (χ1v) is 7.67. The number of carbonyl (C=O) groups excluding carboxylic acids is 1. The molecule has 0 saturated heterocycles. The molecule has 0 amide bonds. The Bertz CT molecular complexity index is 923. The van der Waals surface area contributed by atoms with Crippen molar-refractivity contribution >= 4 is 17.9 Å². The number of aryl methyl sites for hydroxylation is 1. The normalized spacial score (nSPS) is 11.0. The molecule has 0 radical (unpaired) electrons. The lowest BCUT2D eigenvalue weighted by molar-refractivity contribution is -0.255. The fraction of sp³-hybridized carbons (Fsp3) is 0.100. The van der Waals surface area contributed by atoms with E-state index in [0.29, 0.717) is 22.6 Å². The molecule has 5 nitrogen and oxygen atoms in total. The summed E-state index contributed by atoms with van der Waals surface area (Å²) < 4.78 is 10.8. The van der Waals surface area contributed by atoms with Crippen LogP contribution >= 0.6 is 0 Å². The van der Waals surface area contributed by atoms with E-state index in [1.807, 2.05) is 30.3 Å². The van der Waals surface area contributed by atoms with Gasteiger partial charge in [-0.2, -0.15) is 0 Å². The van der Waals surface area contributed by atoms with Gasteiger partial charge in [0.05, 0.1) is 25.0 Å². The van der Waals surface area contributed by atoms with Crippen molar-refractivity contribution in [2.75, 3.05) is 7.11 Å². The molecule has 0 fully saturated rings. The molecule has 3 aromatic rings. The quantitative estimate of drug-likeness (QED) is 0.670. The Hall–Kier alpha value is -3.34. The molecule has 0 N–H and O–H groups in total. The molecule has 0 aliphatic rings. The van der Waals surface area contributed by atoms with Gasteiger partial charge in [-0.25, -0.2) is 0 Å². The first kappa shape index (κ1) is 16.5. The highest BCUT2D eigenvalue weighted by Gasteiger charge is 2.07. The lowest BCUT2D eigenvalue weighted by Gasteiger charge is -2.08. The van der Waals surface area contributed by atoms with Crippen molar-refractivity contribution in [1.29, 1.82) is 0 Å². The Morgan fingerprint density at radius 3 is 2.56 bits per heavy atom. The number of methoxy groups -OCH3 is 1. The number of ether oxygens (including phenoxy) is 1. The van der Waals surface area contributed by atoms with Crippen LogP contribution in [0.25, 0.3) is 11.3 Å². The number of furan rings is 1. The molecule has 0 spiro atoms. The Morgan fingerprint density at radius 2 is 1.88 bits per heavy atom. The van der Waals surface area contributed by atoms with Gasteiger partial charge in [0.1, 0.15) is 17.3 Å². The zero-order valence-corrected chi connectivity index (χ0v) is 13.9. The van der Waals surface area contributed by atoms with Gasteiger partial charge in [-0.3, -0.25) is 4.99 Å². The average Bonchev–Trinajstić information content (AvgIpc) is 3.09. The lowest BCUT2D eigenvalue weighted by atomic mass is 10.0. The summed E-state index contributed by atoms with van der Waals surface area (Å²) in [5, 5.41) is 11.1. The minimum atomic E-state index is -1.20. The molecule has 0 saturated carbocycles. The molecular weight excluding hydrogens is 318 g/mol. The van der Waals surface area contributed by atoms with E-state index in [0.717, 1.165) is 11.4 Å². The second kappa shape index (κ2) is 7.05. The third kappa shape index (κ3) is 3.77. The molecule has 0 bridgehead atoms. The summed E-state index contributed by atoms with van der Waals surface area (Å²) in [6.07, 6.45) is 1.61. The van der Waals surface area contributed by atoms with Crippen LogP contribution in [0.15, 0.2) is 64.0 Å². The number of aromatic carboxylic acids is 1. The zero-order valence-electron chi connectivity index (χ0n) is 13.9. The van der Waals surface area contributed by atoms with E-state index in [4.69, 9.17) is 9.15 Å². The number of hydrogen-bond acceptors (Lipinski definition) is 5. The van der Waals surface area contributed by atoms with Crippen molar-refractivity contribution in [3.63, 3.8) is 0 Å². The Morgan fingerprint density at radius 1 is 1.12 bits per heavy atom. The number of nitrogens with zero attached hydrogens (tertiary/aromatic N) is 1.